The number of hydrogen-bond acceptors (Lipinski definition) is 2. The van der Waals surface area contributed by atoms with E-state index >= 15 is 0 Å². The van der Waals surface area contributed by atoms with Gasteiger partial charge in [-0.3, -0.25) is 5.41 Å². The van der Waals surface area contributed by atoms with E-state index in [4.69, 9.17) is 11.1 Å². The van der Waals surface area contributed by atoms with E-state index < -0.39 is 0 Å². The number of amidine groups is 1. The van der Waals surface area contributed by atoms with Crippen molar-refractivity contribution < 1.29 is 0 Å². The van der Waals surface area contributed by atoms with Crippen molar-refractivity contribution in [3.8, 4) is 0 Å². The Labute approximate surface area is 127 Å². The molecule has 0 amide bonds. The Morgan fingerprint density at radius 3 is 2.60 bits per heavy atom. The molecular formula is C16H16BrN3. The first kappa shape index (κ1) is 13.2. The molecule has 0 saturated heterocycles. The second kappa shape index (κ2) is 5.29. The quantitative estimate of drug-likeness (QED) is 0.656. The fraction of sp³-hybridized carbons (Fsp3) is 0.188. The third-order valence-corrected chi connectivity index (χ3v) is 4.39. The van der Waals surface area contributed by atoms with Crippen LogP contribution in [0.25, 0.3) is 0 Å². The molecule has 0 bridgehead atoms. The molecular weight excluding hydrogens is 314 g/mol. The van der Waals surface area contributed by atoms with Crippen LogP contribution in [-0.2, 0) is 13.0 Å². The van der Waals surface area contributed by atoms with E-state index in [1.165, 1.54) is 11.1 Å². The normalized spacial score (nSPS) is 13.9. The number of anilines is 1. The molecule has 0 aliphatic carbocycles. The maximum absolute atomic E-state index is 7.52. The molecule has 102 valence electrons. The SMILES string of the molecule is N=C(N)c1ccc(N2CCc3ccccc3C2)cc1Br. The fourth-order valence-corrected chi connectivity index (χ4v) is 3.22. The topological polar surface area (TPSA) is 53.1 Å². The zero-order valence-corrected chi connectivity index (χ0v) is 12.7. The first-order valence-electron chi connectivity index (χ1n) is 6.61. The van der Waals surface area contributed by atoms with Crippen LogP contribution in [0.2, 0.25) is 0 Å². The molecule has 2 aromatic carbocycles. The van der Waals surface area contributed by atoms with E-state index in [0.717, 1.165) is 35.2 Å². The van der Waals surface area contributed by atoms with Crippen molar-refractivity contribution >= 4 is 27.5 Å². The summed E-state index contributed by atoms with van der Waals surface area (Å²) < 4.78 is 0.876. The van der Waals surface area contributed by atoms with Gasteiger partial charge in [0.1, 0.15) is 5.84 Å². The summed E-state index contributed by atoms with van der Waals surface area (Å²) >= 11 is 3.50. The monoisotopic (exact) mass is 329 g/mol. The van der Waals surface area contributed by atoms with Crippen molar-refractivity contribution in [1.29, 1.82) is 5.41 Å². The molecule has 0 unspecified atom stereocenters. The molecule has 0 fully saturated rings. The Morgan fingerprint density at radius 2 is 1.90 bits per heavy atom. The summed E-state index contributed by atoms with van der Waals surface area (Å²) in [6.45, 7) is 1.95. The van der Waals surface area contributed by atoms with Crippen molar-refractivity contribution in [2.45, 2.75) is 13.0 Å². The lowest BCUT2D eigenvalue weighted by Gasteiger charge is -2.31. The van der Waals surface area contributed by atoms with Gasteiger partial charge in [0.2, 0.25) is 0 Å². The number of nitrogens with one attached hydrogen (secondary N) is 1. The summed E-state index contributed by atoms with van der Waals surface area (Å²) in [6.07, 6.45) is 1.07. The highest BCUT2D eigenvalue weighted by Gasteiger charge is 2.17. The summed E-state index contributed by atoms with van der Waals surface area (Å²) in [5.74, 6) is 0.0902. The molecule has 1 aliphatic rings. The Hall–Kier alpha value is -1.81. The number of halogens is 1. The number of fused-ring (bicyclic) bond motifs is 1. The van der Waals surface area contributed by atoms with Crippen LogP contribution in [0, 0.1) is 5.41 Å². The molecule has 1 heterocycles. The van der Waals surface area contributed by atoms with Crippen molar-refractivity contribution in [2.75, 3.05) is 11.4 Å². The van der Waals surface area contributed by atoms with Crippen LogP contribution in [-0.4, -0.2) is 12.4 Å². The average molecular weight is 330 g/mol. The second-order valence-electron chi connectivity index (χ2n) is 5.02. The van der Waals surface area contributed by atoms with Crippen LogP contribution in [0.4, 0.5) is 5.69 Å². The van der Waals surface area contributed by atoms with E-state index in [0.29, 0.717) is 0 Å². The summed E-state index contributed by atoms with van der Waals surface area (Å²) in [6, 6.07) is 14.6. The maximum Gasteiger partial charge on any atom is 0.123 e. The minimum atomic E-state index is 0.0902. The first-order chi connectivity index (χ1) is 9.65. The zero-order chi connectivity index (χ0) is 14.1. The Morgan fingerprint density at radius 1 is 1.15 bits per heavy atom. The van der Waals surface area contributed by atoms with Gasteiger partial charge in [0.05, 0.1) is 0 Å². The number of rotatable bonds is 2. The lowest BCUT2D eigenvalue weighted by Crippen LogP contribution is -2.30. The summed E-state index contributed by atoms with van der Waals surface area (Å²) in [4.78, 5) is 2.36. The van der Waals surface area contributed by atoms with Crippen LogP contribution in [0.1, 0.15) is 16.7 Å². The summed E-state index contributed by atoms with van der Waals surface area (Å²) in [5, 5.41) is 7.52. The highest BCUT2D eigenvalue weighted by atomic mass is 79.9. The highest BCUT2D eigenvalue weighted by Crippen LogP contribution is 2.28. The minimum absolute atomic E-state index is 0.0902. The molecule has 3 rings (SSSR count). The Kier molecular flexibility index (Phi) is 3.49. The largest absolute Gasteiger partial charge is 0.384 e. The van der Waals surface area contributed by atoms with Gasteiger partial charge in [-0.1, -0.05) is 24.3 Å². The third kappa shape index (κ3) is 2.43. The van der Waals surface area contributed by atoms with E-state index in [1.54, 1.807) is 0 Å². The first-order valence-corrected chi connectivity index (χ1v) is 7.40. The van der Waals surface area contributed by atoms with E-state index in [-0.39, 0.29) is 5.84 Å². The predicted molar refractivity (Wildman–Crippen MR) is 86.4 cm³/mol. The Bertz CT molecular complexity index is 667. The van der Waals surface area contributed by atoms with Gasteiger partial charge in [-0.25, -0.2) is 0 Å². The molecule has 2 aromatic rings. The van der Waals surface area contributed by atoms with E-state index in [9.17, 15) is 0 Å². The third-order valence-electron chi connectivity index (χ3n) is 3.74. The number of nitrogen functional groups attached to an aromatic ring is 1. The standard InChI is InChI=1S/C16H16BrN3/c17-15-9-13(5-6-14(15)16(18)19)20-8-7-11-3-1-2-4-12(11)10-20/h1-6,9H,7-8,10H2,(H3,18,19). The van der Waals surface area contributed by atoms with Gasteiger partial charge in [-0.15, -0.1) is 0 Å². The van der Waals surface area contributed by atoms with Gasteiger partial charge in [0, 0.05) is 28.8 Å². The molecule has 20 heavy (non-hydrogen) atoms. The number of hydrogen-bond donors (Lipinski definition) is 2. The van der Waals surface area contributed by atoms with E-state index in [2.05, 4.69) is 45.1 Å². The molecule has 1 aliphatic heterocycles. The van der Waals surface area contributed by atoms with Crippen molar-refractivity contribution in [2.24, 2.45) is 5.73 Å². The molecule has 0 spiro atoms. The smallest absolute Gasteiger partial charge is 0.123 e. The maximum atomic E-state index is 7.52. The van der Waals surface area contributed by atoms with Crippen LogP contribution < -0.4 is 10.6 Å². The number of benzene rings is 2. The van der Waals surface area contributed by atoms with Gasteiger partial charge in [0.25, 0.3) is 0 Å². The van der Waals surface area contributed by atoms with Crippen molar-refractivity contribution in [1.82, 2.24) is 0 Å². The molecule has 3 N–H and O–H groups in total. The molecule has 3 nitrogen and oxygen atoms in total. The molecule has 4 heteroatoms. The lowest BCUT2D eigenvalue weighted by molar-refractivity contribution is 0.731. The van der Waals surface area contributed by atoms with Crippen LogP contribution in [0.3, 0.4) is 0 Å². The van der Waals surface area contributed by atoms with Crippen molar-refractivity contribution in [3.63, 3.8) is 0 Å². The number of nitrogens with two attached hydrogens (primary N) is 1. The zero-order valence-electron chi connectivity index (χ0n) is 11.1. The van der Waals surface area contributed by atoms with Gasteiger partial charge in [-0.2, -0.15) is 0 Å². The Balaban J connectivity index is 1.88. The van der Waals surface area contributed by atoms with Crippen LogP contribution >= 0.6 is 15.9 Å². The fourth-order valence-electron chi connectivity index (χ4n) is 2.64. The van der Waals surface area contributed by atoms with Crippen LogP contribution in [0.5, 0.6) is 0 Å². The predicted octanol–water partition coefficient (Wildman–Crippen LogP) is 3.30. The average Bonchev–Trinajstić information content (AvgIpc) is 2.46. The molecule has 0 saturated carbocycles. The number of nitrogens with zero attached hydrogens (tertiary/aromatic N) is 1. The van der Waals surface area contributed by atoms with E-state index in [1.807, 2.05) is 18.2 Å². The summed E-state index contributed by atoms with van der Waals surface area (Å²) in [7, 11) is 0. The van der Waals surface area contributed by atoms with Crippen LogP contribution in [0.15, 0.2) is 46.9 Å². The lowest BCUT2D eigenvalue weighted by atomic mass is 9.99. The molecule has 0 atom stereocenters. The minimum Gasteiger partial charge on any atom is -0.384 e. The molecule has 0 radical (unpaired) electrons. The summed E-state index contributed by atoms with van der Waals surface area (Å²) in [5.41, 5.74) is 10.3. The molecule has 0 aromatic heterocycles. The van der Waals surface area contributed by atoms with Gasteiger partial charge >= 0.3 is 0 Å². The second-order valence-corrected chi connectivity index (χ2v) is 5.87. The van der Waals surface area contributed by atoms with Gasteiger partial charge in [0.15, 0.2) is 0 Å². The van der Waals surface area contributed by atoms with Gasteiger partial charge in [-0.05, 0) is 51.7 Å². The van der Waals surface area contributed by atoms with Gasteiger partial charge < -0.3 is 10.6 Å². The highest BCUT2D eigenvalue weighted by molar-refractivity contribution is 9.10. The van der Waals surface area contributed by atoms with Crippen molar-refractivity contribution in [3.05, 3.63) is 63.6 Å².